The predicted octanol–water partition coefficient (Wildman–Crippen LogP) is 4.17. The molecule has 0 aromatic heterocycles. The molecule has 4 saturated carbocycles. The predicted molar refractivity (Wildman–Crippen MR) is 111 cm³/mol. The third-order valence-electron chi connectivity index (χ3n) is 10.2. The summed E-state index contributed by atoms with van der Waals surface area (Å²) < 4.78 is 11.6. The molecule has 0 radical (unpaired) electrons. The van der Waals surface area contributed by atoms with Crippen molar-refractivity contribution in [3.8, 4) is 0 Å². The van der Waals surface area contributed by atoms with Crippen LogP contribution in [0.2, 0.25) is 0 Å². The van der Waals surface area contributed by atoms with Crippen LogP contribution in [0.3, 0.4) is 0 Å². The van der Waals surface area contributed by atoms with Crippen molar-refractivity contribution >= 4 is 11.9 Å². The van der Waals surface area contributed by atoms with E-state index in [-0.39, 0.29) is 28.9 Å². The highest BCUT2D eigenvalue weighted by Crippen LogP contribution is 2.68. The topological polar surface area (TPSA) is 72.8 Å². The molecule has 0 bridgehead atoms. The highest BCUT2D eigenvalue weighted by molar-refractivity contribution is 5.90. The third-order valence-corrected chi connectivity index (χ3v) is 10.2. The van der Waals surface area contributed by atoms with Gasteiger partial charge in [-0.2, -0.15) is 0 Å². The number of hydrogen-bond acceptors (Lipinski definition) is 5. The number of rotatable bonds is 1. The van der Waals surface area contributed by atoms with Crippen molar-refractivity contribution in [2.45, 2.75) is 96.4 Å². The van der Waals surface area contributed by atoms with Gasteiger partial charge in [-0.15, -0.1) is 0 Å². The lowest BCUT2D eigenvalue weighted by Crippen LogP contribution is -2.61. The Morgan fingerprint density at radius 1 is 1.13 bits per heavy atom. The molecule has 1 N–H and O–H groups in total. The quantitative estimate of drug-likeness (QED) is 0.513. The number of hydrogen-bond donors (Lipinski definition) is 1. The molecule has 0 amide bonds. The lowest BCUT2D eigenvalue weighted by atomic mass is 9.43. The Kier molecular flexibility index (Phi) is 4.50. The van der Waals surface area contributed by atoms with Crippen LogP contribution in [0.5, 0.6) is 0 Å². The fourth-order valence-corrected chi connectivity index (χ4v) is 8.80. The molecular weight excluding hydrogens is 380 g/mol. The molecule has 0 aromatic carbocycles. The van der Waals surface area contributed by atoms with Gasteiger partial charge in [0.1, 0.15) is 11.7 Å². The molecule has 30 heavy (non-hydrogen) atoms. The maximum absolute atomic E-state index is 12.2. The molecule has 5 aliphatic rings. The lowest BCUT2D eigenvalue weighted by molar-refractivity contribution is -0.208. The lowest BCUT2D eigenvalue weighted by Gasteiger charge is -2.62. The summed E-state index contributed by atoms with van der Waals surface area (Å²) in [5, 5.41) is 11.0. The number of esters is 2. The molecule has 9 atom stereocenters. The molecule has 5 nitrogen and oxygen atoms in total. The molecular formula is C25H36O5. The van der Waals surface area contributed by atoms with Gasteiger partial charge in [-0.25, -0.2) is 4.79 Å². The highest BCUT2D eigenvalue weighted by atomic mass is 16.6. The number of carbonyl (C=O) groups excluding carboxylic acids is 2. The van der Waals surface area contributed by atoms with E-state index in [2.05, 4.69) is 20.4 Å². The van der Waals surface area contributed by atoms with E-state index in [9.17, 15) is 14.7 Å². The Balaban J connectivity index is 1.43. The minimum atomic E-state index is -0.780. The minimum Gasteiger partial charge on any atom is -0.462 e. The van der Waals surface area contributed by atoms with E-state index < -0.39 is 11.7 Å². The summed E-state index contributed by atoms with van der Waals surface area (Å²) in [7, 11) is 0. The second-order valence-corrected chi connectivity index (χ2v) is 11.5. The first-order valence-corrected chi connectivity index (χ1v) is 11.9. The largest absolute Gasteiger partial charge is 0.462 e. The van der Waals surface area contributed by atoms with Crippen LogP contribution in [0, 0.1) is 34.5 Å². The molecule has 1 saturated heterocycles. The fraction of sp³-hybridized carbons (Fsp3) is 0.840. The summed E-state index contributed by atoms with van der Waals surface area (Å²) in [6, 6.07) is 0. The smallest absolute Gasteiger partial charge is 0.334 e. The Labute approximate surface area is 179 Å². The van der Waals surface area contributed by atoms with Gasteiger partial charge in [0.25, 0.3) is 0 Å². The Morgan fingerprint density at radius 3 is 2.53 bits per heavy atom. The number of carbonyl (C=O) groups is 2. The number of ether oxygens (including phenoxy) is 2. The van der Waals surface area contributed by atoms with E-state index >= 15 is 0 Å². The highest BCUT2D eigenvalue weighted by Gasteiger charge is 2.65. The van der Waals surface area contributed by atoms with Gasteiger partial charge >= 0.3 is 11.9 Å². The maximum atomic E-state index is 12.2. The van der Waals surface area contributed by atoms with Gasteiger partial charge in [0.2, 0.25) is 0 Å². The molecule has 4 aliphatic carbocycles. The van der Waals surface area contributed by atoms with Crippen molar-refractivity contribution < 1.29 is 24.2 Å². The van der Waals surface area contributed by atoms with E-state index in [4.69, 9.17) is 9.47 Å². The summed E-state index contributed by atoms with van der Waals surface area (Å²) in [5.41, 5.74) is -0.137. The second kappa shape index (κ2) is 6.57. The zero-order chi connectivity index (χ0) is 21.5. The maximum Gasteiger partial charge on any atom is 0.334 e. The van der Waals surface area contributed by atoms with E-state index in [0.29, 0.717) is 35.7 Å². The van der Waals surface area contributed by atoms with Gasteiger partial charge in [-0.1, -0.05) is 20.4 Å². The van der Waals surface area contributed by atoms with E-state index in [1.807, 2.05) is 0 Å². The Bertz CT molecular complexity index is 772. The van der Waals surface area contributed by atoms with Crippen LogP contribution < -0.4 is 0 Å². The van der Waals surface area contributed by atoms with Crippen LogP contribution in [0.25, 0.3) is 0 Å². The third kappa shape index (κ3) is 2.69. The van der Waals surface area contributed by atoms with Gasteiger partial charge in [0.05, 0.1) is 6.10 Å². The molecule has 1 aliphatic heterocycles. The van der Waals surface area contributed by atoms with E-state index in [1.54, 1.807) is 0 Å². The average molecular weight is 417 g/mol. The average Bonchev–Trinajstić information content (AvgIpc) is 3.13. The number of fused-ring (bicyclic) bond motifs is 5. The summed E-state index contributed by atoms with van der Waals surface area (Å²) >= 11 is 0. The van der Waals surface area contributed by atoms with Crippen LogP contribution in [0.1, 0.15) is 78.6 Å². The van der Waals surface area contributed by atoms with Gasteiger partial charge in [0.15, 0.2) is 0 Å². The van der Waals surface area contributed by atoms with Crippen LogP contribution in [0.15, 0.2) is 12.2 Å². The summed E-state index contributed by atoms with van der Waals surface area (Å²) in [5.74, 6) is 1.76. The normalized spacial score (nSPS) is 52.4. The molecule has 166 valence electrons. The van der Waals surface area contributed by atoms with Gasteiger partial charge < -0.3 is 14.6 Å². The van der Waals surface area contributed by atoms with Crippen molar-refractivity contribution in [1.82, 2.24) is 0 Å². The SMILES string of the molecule is C=C1C[C@@]2(C[C@@]3(C)[C@@H](CC[C@@H]4[C@@H]3CC[C@]3(C)[C@@H](OC(C)=O)CC[C@@H]43)C[C@H]2O)OC1=O. The fourth-order valence-electron chi connectivity index (χ4n) is 8.80. The Hall–Kier alpha value is -1.36. The molecule has 0 aromatic rings. The molecule has 0 unspecified atom stereocenters. The Morgan fingerprint density at radius 2 is 1.87 bits per heavy atom. The standard InChI is InChI=1S/C25H36O5/c1-14-12-25(30-22(14)28)13-24(4)16(11-20(25)27)5-6-17-18-7-8-21(29-15(2)26)23(18,3)10-9-19(17)24/h16-21,27H,1,5-13H2,2-4H3/t16-,17-,18-,19-,20+,21-,23-,24-,25-/m0/s1. The summed E-state index contributed by atoms with van der Waals surface area (Å²) in [6.45, 7) is 10.2. The van der Waals surface area contributed by atoms with E-state index in [0.717, 1.165) is 44.9 Å². The van der Waals surface area contributed by atoms with Crippen molar-refractivity contribution in [2.24, 2.45) is 34.5 Å². The van der Waals surface area contributed by atoms with Crippen LogP contribution in [0.4, 0.5) is 0 Å². The summed E-state index contributed by atoms with van der Waals surface area (Å²) in [4.78, 5) is 23.9. The zero-order valence-electron chi connectivity index (χ0n) is 18.6. The minimum absolute atomic E-state index is 0.0464. The van der Waals surface area contributed by atoms with E-state index in [1.165, 1.54) is 13.3 Å². The zero-order valence-corrected chi connectivity index (χ0v) is 18.6. The monoisotopic (exact) mass is 416 g/mol. The molecule has 5 fully saturated rings. The molecule has 5 rings (SSSR count). The number of aliphatic hydroxyl groups excluding tert-OH is 1. The molecule has 5 heteroatoms. The first kappa shape index (κ1) is 20.5. The summed E-state index contributed by atoms with van der Waals surface area (Å²) in [6.07, 6.45) is 8.03. The first-order chi connectivity index (χ1) is 14.1. The van der Waals surface area contributed by atoms with Crippen molar-refractivity contribution in [1.29, 1.82) is 0 Å². The molecule has 1 heterocycles. The van der Waals surface area contributed by atoms with Crippen molar-refractivity contribution in [3.63, 3.8) is 0 Å². The second-order valence-electron chi connectivity index (χ2n) is 11.5. The molecule has 1 spiro atoms. The van der Waals surface area contributed by atoms with Crippen LogP contribution in [-0.2, 0) is 19.1 Å². The number of aliphatic hydroxyl groups is 1. The van der Waals surface area contributed by atoms with Crippen LogP contribution >= 0.6 is 0 Å². The van der Waals surface area contributed by atoms with Crippen molar-refractivity contribution in [2.75, 3.05) is 0 Å². The van der Waals surface area contributed by atoms with Gasteiger partial charge in [-0.3, -0.25) is 4.79 Å². The first-order valence-electron chi connectivity index (χ1n) is 11.9. The van der Waals surface area contributed by atoms with Gasteiger partial charge in [0, 0.05) is 24.3 Å². The van der Waals surface area contributed by atoms with Crippen LogP contribution in [-0.4, -0.2) is 34.9 Å². The van der Waals surface area contributed by atoms with Gasteiger partial charge in [-0.05, 0) is 80.5 Å². The van der Waals surface area contributed by atoms with Crippen molar-refractivity contribution in [3.05, 3.63) is 12.2 Å².